The smallest absolute Gasteiger partial charge is 0.339 e. The second-order valence-electron chi connectivity index (χ2n) is 5.13. The zero-order chi connectivity index (χ0) is 16.2. The van der Waals surface area contributed by atoms with Gasteiger partial charge in [-0.15, -0.1) is 11.3 Å². The van der Waals surface area contributed by atoms with Gasteiger partial charge in [0.2, 0.25) is 0 Å². The van der Waals surface area contributed by atoms with Gasteiger partial charge in [0.25, 0.3) is 0 Å². The minimum Gasteiger partial charge on any atom is -0.465 e. The van der Waals surface area contributed by atoms with E-state index in [9.17, 15) is 4.79 Å². The number of benzene rings is 2. The molecule has 1 heterocycles. The van der Waals surface area contributed by atoms with Crippen molar-refractivity contribution in [2.24, 2.45) is 0 Å². The molecular weight excluding hydrogens is 372 g/mol. The van der Waals surface area contributed by atoms with E-state index in [1.807, 2.05) is 23.6 Å². The van der Waals surface area contributed by atoms with Crippen LogP contribution in [0.1, 0.15) is 21.5 Å². The molecule has 0 spiro atoms. The van der Waals surface area contributed by atoms with Crippen LogP contribution < -0.4 is 0 Å². The molecule has 3 aromatic rings. The number of halogens is 1. The van der Waals surface area contributed by atoms with Gasteiger partial charge in [-0.2, -0.15) is 0 Å². The molecule has 2 nitrogen and oxygen atoms in total. The molecule has 0 saturated carbocycles. The number of methoxy groups -OCH3 is 1. The van der Waals surface area contributed by atoms with E-state index in [0.717, 1.165) is 14.9 Å². The molecule has 0 aliphatic rings. The third-order valence-electron chi connectivity index (χ3n) is 3.69. The van der Waals surface area contributed by atoms with Gasteiger partial charge in [-0.1, -0.05) is 54.6 Å². The Kier molecular flexibility index (Phi) is 4.94. The standard InChI is InChI=1S/C19H15BrO2S/c1-22-19(21)17-12-23-18(20)16(17)11-13-7-9-15(10-8-13)14-5-3-2-4-6-14/h2-10,12H,11H2,1H3. The van der Waals surface area contributed by atoms with E-state index in [-0.39, 0.29) is 5.97 Å². The largest absolute Gasteiger partial charge is 0.465 e. The van der Waals surface area contributed by atoms with Crippen molar-refractivity contribution in [2.45, 2.75) is 6.42 Å². The maximum atomic E-state index is 11.8. The minimum absolute atomic E-state index is 0.289. The van der Waals surface area contributed by atoms with Crippen molar-refractivity contribution in [2.75, 3.05) is 7.11 Å². The number of hydrogen-bond acceptors (Lipinski definition) is 3. The van der Waals surface area contributed by atoms with Crippen molar-refractivity contribution in [1.29, 1.82) is 0 Å². The van der Waals surface area contributed by atoms with E-state index in [0.29, 0.717) is 12.0 Å². The molecule has 0 saturated heterocycles. The van der Waals surface area contributed by atoms with Crippen molar-refractivity contribution in [3.05, 3.63) is 80.5 Å². The first-order valence-electron chi connectivity index (χ1n) is 7.17. The van der Waals surface area contributed by atoms with Crippen LogP contribution in [0.15, 0.2) is 63.8 Å². The molecular formula is C19H15BrO2S. The number of esters is 1. The highest BCUT2D eigenvalue weighted by Crippen LogP contribution is 2.31. The topological polar surface area (TPSA) is 26.3 Å². The lowest BCUT2D eigenvalue weighted by atomic mass is 10.00. The minimum atomic E-state index is -0.289. The summed E-state index contributed by atoms with van der Waals surface area (Å²) in [5.41, 5.74) is 5.16. The predicted molar refractivity (Wildman–Crippen MR) is 98.0 cm³/mol. The lowest BCUT2D eigenvalue weighted by molar-refractivity contribution is 0.0600. The van der Waals surface area contributed by atoms with Crippen molar-refractivity contribution < 1.29 is 9.53 Å². The second-order valence-corrected chi connectivity index (χ2v) is 7.33. The van der Waals surface area contributed by atoms with Crippen LogP contribution in [0.25, 0.3) is 11.1 Å². The first kappa shape index (κ1) is 16.0. The summed E-state index contributed by atoms with van der Waals surface area (Å²) in [6.45, 7) is 0. The molecule has 0 radical (unpaired) electrons. The number of thiophene rings is 1. The number of carbonyl (C=O) groups is 1. The van der Waals surface area contributed by atoms with Crippen LogP contribution in [-0.4, -0.2) is 13.1 Å². The van der Waals surface area contributed by atoms with Crippen LogP contribution in [0.4, 0.5) is 0 Å². The Morgan fingerprint density at radius 3 is 2.35 bits per heavy atom. The molecule has 0 aliphatic heterocycles. The summed E-state index contributed by atoms with van der Waals surface area (Å²) in [6, 6.07) is 18.7. The number of rotatable bonds is 4. The molecule has 0 unspecified atom stereocenters. The Hall–Kier alpha value is -1.91. The third kappa shape index (κ3) is 3.54. The third-order valence-corrected chi connectivity index (χ3v) is 5.54. The molecule has 0 atom stereocenters. The van der Waals surface area contributed by atoms with Crippen LogP contribution in [-0.2, 0) is 11.2 Å². The van der Waals surface area contributed by atoms with Crippen LogP contribution in [0.3, 0.4) is 0 Å². The average molecular weight is 387 g/mol. The van der Waals surface area contributed by atoms with Crippen LogP contribution in [0, 0.1) is 0 Å². The molecule has 3 rings (SSSR count). The molecule has 0 bridgehead atoms. The highest BCUT2D eigenvalue weighted by molar-refractivity contribution is 9.11. The summed E-state index contributed by atoms with van der Waals surface area (Å²) in [4.78, 5) is 11.8. The monoisotopic (exact) mass is 386 g/mol. The van der Waals surface area contributed by atoms with E-state index in [1.54, 1.807) is 0 Å². The van der Waals surface area contributed by atoms with Gasteiger partial charge in [-0.25, -0.2) is 4.79 Å². The Bertz CT molecular complexity index is 807. The van der Waals surface area contributed by atoms with E-state index < -0.39 is 0 Å². The van der Waals surface area contributed by atoms with E-state index in [4.69, 9.17) is 4.74 Å². The normalized spacial score (nSPS) is 10.5. The number of ether oxygens (including phenoxy) is 1. The van der Waals surface area contributed by atoms with Crippen LogP contribution in [0.5, 0.6) is 0 Å². The van der Waals surface area contributed by atoms with Crippen LogP contribution >= 0.6 is 27.3 Å². The average Bonchev–Trinajstić information content (AvgIpc) is 2.96. The Morgan fingerprint density at radius 2 is 1.70 bits per heavy atom. The maximum Gasteiger partial charge on any atom is 0.339 e. The van der Waals surface area contributed by atoms with Gasteiger partial charge in [0.1, 0.15) is 0 Å². The van der Waals surface area contributed by atoms with E-state index in [2.05, 4.69) is 52.3 Å². The summed E-state index contributed by atoms with van der Waals surface area (Å²) in [5, 5.41) is 1.84. The maximum absolute atomic E-state index is 11.8. The number of carbonyl (C=O) groups excluding carboxylic acids is 1. The highest BCUT2D eigenvalue weighted by Gasteiger charge is 2.17. The Morgan fingerprint density at radius 1 is 1.04 bits per heavy atom. The van der Waals surface area contributed by atoms with Crippen LogP contribution in [0.2, 0.25) is 0 Å². The molecule has 2 aromatic carbocycles. The van der Waals surface area contributed by atoms with E-state index in [1.165, 1.54) is 29.6 Å². The van der Waals surface area contributed by atoms with Crippen molar-refractivity contribution in [3.63, 3.8) is 0 Å². The molecule has 23 heavy (non-hydrogen) atoms. The summed E-state index contributed by atoms with van der Waals surface area (Å²) < 4.78 is 5.83. The quantitative estimate of drug-likeness (QED) is 0.549. The zero-order valence-electron chi connectivity index (χ0n) is 12.6. The van der Waals surface area contributed by atoms with Crippen molar-refractivity contribution >= 4 is 33.2 Å². The fourth-order valence-electron chi connectivity index (χ4n) is 2.45. The summed E-state index contributed by atoms with van der Waals surface area (Å²) >= 11 is 5.04. The molecule has 1 aromatic heterocycles. The van der Waals surface area contributed by atoms with E-state index >= 15 is 0 Å². The van der Waals surface area contributed by atoms with Gasteiger partial charge in [0.05, 0.1) is 16.5 Å². The molecule has 4 heteroatoms. The zero-order valence-corrected chi connectivity index (χ0v) is 15.0. The first-order chi connectivity index (χ1) is 11.2. The molecule has 0 amide bonds. The predicted octanol–water partition coefficient (Wildman–Crippen LogP) is 5.56. The Balaban J connectivity index is 1.85. The molecule has 116 valence electrons. The van der Waals surface area contributed by atoms with Gasteiger partial charge >= 0.3 is 5.97 Å². The van der Waals surface area contributed by atoms with Crippen molar-refractivity contribution in [3.8, 4) is 11.1 Å². The molecule has 0 fully saturated rings. The first-order valence-corrected chi connectivity index (χ1v) is 8.85. The van der Waals surface area contributed by atoms with Gasteiger partial charge in [0, 0.05) is 11.8 Å². The summed E-state index contributed by atoms with van der Waals surface area (Å²) in [5.74, 6) is -0.289. The molecule has 0 aliphatic carbocycles. The Labute approximate surface area is 147 Å². The summed E-state index contributed by atoms with van der Waals surface area (Å²) in [6.07, 6.45) is 0.698. The van der Waals surface area contributed by atoms with Gasteiger partial charge in [-0.05, 0) is 38.2 Å². The summed E-state index contributed by atoms with van der Waals surface area (Å²) in [7, 11) is 1.41. The SMILES string of the molecule is COC(=O)c1csc(Br)c1Cc1ccc(-c2ccccc2)cc1. The molecule has 0 N–H and O–H groups in total. The number of hydrogen-bond donors (Lipinski definition) is 0. The fraction of sp³-hybridized carbons (Fsp3) is 0.105. The fourth-order valence-corrected chi connectivity index (χ4v) is 3.87. The lowest BCUT2D eigenvalue weighted by Crippen LogP contribution is -2.03. The van der Waals surface area contributed by atoms with Gasteiger partial charge < -0.3 is 4.74 Å². The second kappa shape index (κ2) is 7.11. The highest BCUT2D eigenvalue weighted by atomic mass is 79.9. The van der Waals surface area contributed by atoms with Gasteiger partial charge in [0.15, 0.2) is 0 Å². The van der Waals surface area contributed by atoms with Gasteiger partial charge in [-0.3, -0.25) is 0 Å². The van der Waals surface area contributed by atoms with Crippen molar-refractivity contribution in [1.82, 2.24) is 0 Å². The lowest BCUT2D eigenvalue weighted by Gasteiger charge is -2.06.